The molecule has 0 atom stereocenters. The van der Waals surface area contributed by atoms with Gasteiger partial charge in [-0.2, -0.15) is 0 Å². The van der Waals surface area contributed by atoms with Gasteiger partial charge >= 0.3 is 0 Å². The van der Waals surface area contributed by atoms with E-state index in [4.69, 9.17) is 28.6 Å². The molecule has 0 saturated heterocycles. The molecular weight excluding hydrogens is 282 g/mol. The minimum atomic E-state index is 0.0880. The van der Waals surface area contributed by atoms with Gasteiger partial charge in [0.15, 0.2) is 10.4 Å². The van der Waals surface area contributed by atoms with Crippen LogP contribution in [0.5, 0.6) is 0 Å². The topological polar surface area (TPSA) is 42.8 Å². The Balaban J connectivity index is 2.35. The molecule has 0 aliphatic carbocycles. The zero-order valence-corrected chi connectivity index (χ0v) is 12.9. The Hall–Kier alpha value is -0.910. The molecule has 104 valence electrons. The number of hydrogen-bond acceptors (Lipinski definition) is 3. The summed E-state index contributed by atoms with van der Waals surface area (Å²) in [6, 6.07) is 1.85. The van der Waals surface area contributed by atoms with Gasteiger partial charge in [-0.3, -0.25) is 0 Å². The lowest BCUT2D eigenvalue weighted by Gasteiger charge is -2.24. The van der Waals surface area contributed by atoms with E-state index in [9.17, 15) is 0 Å². The molecule has 2 heterocycles. The van der Waals surface area contributed by atoms with E-state index in [2.05, 4.69) is 23.8 Å². The summed E-state index contributed by atoms with van der Waals surface area (Å²) >= 11 is 11.3. The molecular formula is C13H18ClN3OS. The second-order valence-electron chi connectivity index (χ2n) is 5.45. The van der Waals surface area contributed by atoms with Crippen molar-refractivity contribution in [3.8, 4) is 0 Å². The fourth-order valence-electron chi connectivity index (χ4n) is 2.05. The predicted molar refractivity (Wildman–Crippen MR) is 80.2 cm³/mol. The van der Waals surface area contributed by atoms with Crippen LogP contribution in [0, 0.1) is 10.2 Å². The first-order valence-electron chi connectivity index (χ1n) is 6.16. The highest BCUT2D eigenvalue weighted by atomic mass is 35.5. The number of imidazole rings is 1. The fraction of sp³-hybridized carbons (Fsp3) is 0.538. The molecule has 0 radical (unpaired) electrons. The standard InChI is InChI=1S/C13H18ClN3OS/c1-13(2,4-5-18-3)8-17-11-10(16-12(17)19)6-9(14)7-15-11/h6-7H,4-5,8H2,1-3H3,(H,16,19). The Morgan fingerprint density at radius 1 is 1.53 bits per heavy atom. The van der Waals surface area contributed by atoms with Gasteiger partial charge in [0.05, 0.1) is 10.5 Å². The maximum atomic E-state index is 5.94. The Morgan fingerprint density at radius 3 is 2.95 bits per heavy atom. The van der Waals surface area contributed by atoms with Gasteiger partial charge in [0, 0.05) is 26.5 Å². The predicted octanol–water partition coefficient (Wildman–Crippen LogP) is 3.81. The summed E-state index contributed by atoms with van der Waals surface area (Å²) in [5, 5.41) is 0.606. The van der Waals surface area contributed by atoms with Crippen LogP contribution < -0.4 is 0 Å². The van der Waals surface area contributed by atoms with Crippen molar-refractivity contribution in [1.82, 2.24) is 14.5 Å². The summed E-state index contributed by atoms with van der Waals surface area (Å²) in [5.41, 5.74) is 1.81. The number of aromatic nitrogens is 3. The first-order chi connectivity index (χ1) is 8.93. The van der Waals surface area contributed by atoms with Gasteiger partial charge < -0.3 is 14.3 Å². The van der Waals surface area contributed by atoms with Gasteiger partial charge in [-0.15, -0.1) is 0 Å². The summed E-state index contributed by atoms with van der Waals surface area (Å²) < 4.78 is 7.85. The molecule has 0 fully saturated rings. The highest BCUT2D eigenvalue weighted by Gasteiger charge is 2.20. The second kappa shape index (κ2) is 5.61. The summed E-state index contributed by atoms with van der Waals surface area (Å²) in [7, 11) is 1.72. The average Bonchev–Trinajstić information content (AvgIpc) is 2.62. The third-order valence-corrected chi connectivity index (χ3v) is 3.67. The van der Waals surface area contributed by atoms with Crippen LogP contribution in [0.3, 0.4) is 0 Å². The first kappa shape index (κ1) is 14.5. The van der Waals surface area contributed by atoms with E-state index >= 15 is 0 Å². The maximum Gasteiger partial charge on any atom is 0.179 e. The number of aromatic amines is 1. The highest BCUT2D eigenvalue weighted by Crippen LogP contribution is 2.26. The van der Waals surface area contributed by atoms with Crippen LogP contribution in [0.4, 0.5) is 0 Å². The van der Waals surface area contributed by atoms with Gasteiger partial charge in [-0.25, -0.2) is 4.98 Å². The molecule has 0 saturated carbocycles. The summed E-state index contributed by atoms with van der Waals surface area (Å²) in [5.74, 6) is 0. The number of hydrogen-bond donors (Lipinski definition) is 1. The fourth-order valence-corrected chi connectivity index (χ4v) is 2.47. The molecule has 19 heavy (non-hydrogen) atoms. The largest absolute Gasteiger partial charge is 0.385 e. The Kier molecular flexibility index (Phi) is 4.28. The molecule has 4 nitrogen and oxygen atoms in total. The average molecular weight is 300 g/mol. The first-order valence-corrected chi connectivity index (χ1v) is 6.94. The lowest BCUT2D eigenvalue weighted by molar-refractivity contribution is 0.143. The monoisotopic (exact) mass is 299 g/mol. The number of H-pyrrole nitrogens is 1. The molecule has 2 rings (SSSR count). The Labute approximate surface area is 122 Å². The minimum Gasteiger partial charge on any atom is -0.385 e. The molecule has 0 aromatic carbocycles. The number of fused-ring (bicyclic) bond motifs is 1. The molecule has 0 amide bonds. The van der Waals surface area contributed by atoms with Gasteiger partial charge in [-0.05, 0) is 30.1 Å². The van der Waals surface area contributed by atoms with Crippen molar-refractivity contribution in [2.45, 2.75) is 26.8 Å². The molecule has 0 unspecified atom stereocenters. The van der Waals surface area contributed by atoms with E-state index in [0.29, 0.717) is 9.79 Å². The van der Waals surface area contributed by atoms with Crippen LogP contribution in [0.25, 0.3) is 11.2 Å². The van der Waals surface area contributed by atoms with Crippen molar-refractivity contribution in [1.29, 1.82) is 0 Å². The lowest BCUT2D eigenvalue weighted by atomic mass is 9.89. The van der Waals surface area contributed by atoms with Crippen molar-refractivity contribution in [2.24, 2.45) is 5.41 Å². The van der Waals surface area contributed by atoms with E-state index < -0.39 is 0 Å². The van der Waals surface area contributed by atoms with Crippen LogP contribution >= 0.6 is 23.8 Å². The maximum absolute atomic E-state index is 5.94. The van der Waals surface area contributed by atoms with Gasteiger partial charge in [-0.1, -0.05) is 25.4 Å². The molecule has 0 bridgehead atoms. The summed E-state index contributed by atoms with van der Waals surface area (Å²) in [4.78, 5) is 7.51. The van der Waals surface area contributed by atoms with Crippen molar-refractivity contribution >= 4 is 35.0 Å². The van der Waals surface area contributed by atoms with Crippen molar-refractivity contribution < 1.29 is 4.74 Å². The SMILES string of the molecule is COCCC(C)(C)Cn1c(=S)[nH]c2cc(Cl)cnc21. The molecule has 6 heteroatoms. The Bertz CT molecular complexity index is 632. The van der Waals surface area contributed by atoms with E-state index in [1.165, 1.54) is 0 Å². The zero-order chi connectivity index (χ0) is 14.0. The molecule has 2 aromatic heterocycles. The highest BCUT2D eigenvalue weighted by molar-refractivity contribution is 7.71. The van der Waals surface area contributed by atoms with E-state index in [1.807, 2.05) is 10.6 Å². The number of nitrogens with one attached hydrogen (secondary N) is 1. The van der Waals surface area contributed by atoms with Crippen molar-refractivity contribution in [2.75, 3.05) is 13.7 Å². The van der Waals surface area contributed by atoms with E-state index in [0.717, 1.165) is 30.7 Å². The quantitative estimate of drug-likeness (QED) is 0.854. The molecule has 0 aliphatic rings. The summed E-state index contributed by atoms with van der Waals surface area (Å²) in [6.07, 6.45) is 2.61. The van der Waals surface area contributed by atoms with Crippen LogP contribution in [0.2, 0.25) is 5.02 Å². The van der Waals surface area contributed by atoms with Crippen LogP contribution in [-0.2, 0) is 11.3 Å². The van der Waals surface area contributed by atoms with Crippen LogP contribution in [0.1, 0.15) is 20.3 Å². The third kappa shape index (κ3) is 3.35. The van der Waals surface area contributed by atoms with Gasteiger partial charge in [0.25, 0.3) is 0 Å². The van der Waals surface area contributed by atoms with Gasteiger partial charge in [0.1, 0.15) is 0 Å². The number of ether oxygens (including phenoxy) is 1. The normalized spacial score (nSPS) is 12.2. The molecule has 0 spiro atoms. The zero-order valence-electron chi connectivity index (χ0n) is 11.4. The minimum absolute atomic E-state index is 0.0880. The smallest absolute Gasteiger partial charge is 0.179 e. The van der Waals surface area contributed by atoms with Gasteiger partial charge in [0.2, 0.25) is 0 Å². The lowest BCUT2D eigenvalue weighted by Crippen LogP contribution is -2.21. The number of nitrogens with zero attached hydrogens (tertiary/aromatic N) is 2. The second-order valence-corrected chi connectivity index (χ2v) is 6.27. The third-order valence-electron chi connectivity index (χ3n) is 3.14. The van der Waals surface area contributed by atoms with Crippen LogP contribution in [0.15, 0.2) is 12.3 Å². The van der Waals surface area contributed by atoms with E-state index in [-0.39, 0.29) is 5.41 Å². The molecule has 0 aliphatic heterocycles. The van der Waals surface area contributed by atoms with Crippen LogP contribution in [-0.4, -0.2) is 28.3 Å². The number of methoxy groups -OCH3 is 1. The van der Waals surface area contributed by atoms with E-state index in [1.54, 1.807) is 13.3 Å². The Morgan fingerprint density at radius 2 is 2.26 bits per heavy atom. The molecule has 1 N–H and O–H groups in total. The van der Waals surface area contributed by atoms with Crippen molar-refractivity contribution in [3.05, 3.63) is 22.1 Å². The number of pyridine rings is 1. The number of halogens is 1. The molecule has 2 aromatic rings. The van der Waals surface area contributed by atoms with Crippen molar-refractivity contribution in [3.63, 3.8) is 0 Å². The number of rotatable bonds is 5. The summed E-state index contributed by atoms with van der Waals surface area (Å²) in [6.45, 7) is 5.93.